The molecule has 0 saturated carbocycles. The smallest absolute Gasteiger partial charge is 0.303 e. The fourth-order valence-electron chi connectivity index (χ4n) is 10.8. The molecule has 538 valence electrons. The number of nitrogens with two attached hydrogens (primary N) is 2. The summed E-state index contributed by atoms with van der Waals surface area (Å²) < 4.78 is 0. The molecule has 20 N–H and O–H groups in total. The zero-order valence-electron chi connectivity index (χ0n) is 56.3. The molecule has 4 heterocycles. The molecule has 6 rings (SSSR count). The first-order valence-electron chi connectivity index (χ1n) is 32.5. The summed E-state index contributed by atoms with van der Waals surface area (Å²) >= 11 is 0. The van der Waals surface area contributed by atoms with Crippen molar-refractivity contribution in [3.63, 3.8) is 0 Å². The Morgan fingerprint density at radius 3 is 1.61 bits per heavy atom. The van der Waals surface area contributed by atoms with Crippen LogP contribution in [0.4, 0.5) is 0 Å². The number of aromatic nitrogens is 4. The van der Waals surface area contributed by atoms with Gasteiger partial charge in [-0.2, -0.15) is 0 Å². The zero-order chi connectivity index (χ0) is 72.8. The summed E-state index contributed by atoms with van der Waals surface area (Å²) in [5, 5.41) is 50.1. The summed E-state index contributed by atoms with van der Waals surface area (Å²) in [4.78, 5) is 195. The SMILES string of the molecule is CC(C)C[C@@H]1NC(=O)[C@H](Cc2c[nH]cn2)NC(=O)[C@H](Cc2c[nH]c3ccccc23)NC(=O)[C@H](C)NC(=O)[C@@H](N)CSSC[C@@H](C(=O)N[C@H](C(N)=O)[C@@H](C)O)NC(=O)[C@H](Cc2c[nH]c3ccccc23)NC(=O)[C@H](C(C)C)NC(=O)[C@H](CC(C)C)NC(=O)[C@H](CCC(=O)O)NC(=O)CNC1=O. The van der Waals surface area contributed by atoms with Gasteiger partial charge in [-0.25, -0.2) is 4.98 Å². The van der Waals surface area contributed by atoms with E-state index in [1.165, 1.54) is 26.4 Å². The average Bonchev–Trinajstić information content (AvgIpc) is 1.71. The largest absolute Gasteiger partial charge is 0.481 e. The third-order valence-corrected chi connectivity index (χ3v) is 18.5. The van der Waals surface area contributed by atoms with Crippen molar-refractivity contribution in [2.45, 2.75) is 173 Å². The number of benzene rings is 2. The number of aromatic amines is 3. The first kappa shape index (κ1) is 78.5. The maximum atomic E-state index is 14.9. The van der Waals surface area contributed by atoms with Crippen molar-refractivity contribution in [1.82, 2.24) is 78.4 Å². The summed E-state index contributed by atoms with van der Waals surface area (Å²) in [6.07, 6.45) is 2.80. The molecule has 1 aliphatic rings. The van der Waals surface area contributed by atoms with E-state index in [1.807, 2.05) is 0 Å². The Bertz CT molecular complexity index is 3670. The quantitative estimate of drug-likeness (QED) is 0.0448. The van der Waals surface area contributed by atoms with E-state index < -0.39 is 175 Å². The van der Waals surface area contributed by atoms with Crippen LogP contribution in [0.5, 0.6) is 0 Å². The first-order chi connectivity index (χ1) is 46.9. The Hall–Kier alpha value is -9.54. The summed E-state index contributed by atoms with van der Waals surface area (Å²) in [5.74, 6) is -14.2. The number of amides is 12. The van der Waals surface area contributed by atoms with Crippen molar-refractivity contribution in [1.29, 1.82) is 0 Å². The number of nitrogens with zero attached hydrogens (tertiary/aromatic N) is 1. The first-order valence-corrected chi connectivity index (χ1v) is 34.9. The second kappa shape index (κ2) is 37.4. The lowest BCUT2D eigenvalue weighted by molar-refractivity contribution is -0.138. The monoisotopic (exact) mass is 1410 g/mol. The number of carbonyl (C=O) groups excluding carboxylic acids is 12. The van der Waals surface area contributed by atoms with Crippen LogP contribution < -0.4 is 70.0 Å². The molecule has 0 unspecified atom stereocenters. The van der Waals surface area contributed by atoms with Crippen molar-refractivity contribution in [2.75, 3.05) is 18.1 Å². The molecule has 3 aromatic heterocycles. The van der Waals surface area contributed by atoms with Crippen LogP contribution in [-0.4, -0.2) is 198 Å². The number of aliphatic carboxylic acids is 1. The van der Waals surface area contributed by atoms with E-state index in [9.17, 15) is 72.5 Å². The minimum Gasteiger partial charge on any atom is -0.481 e. The normalized spacial score (nSPS) is 23.9. The average molecular weight is 1410 g/mol. The molecule has 0 bridgehead atoms. The van der Waals surface area contributed by atoms with Crippen LogP contribution in [0.3, 0.4) is 0 Å². The molecule has 0 radical (unpaired) electrons. The molecule has 5 aromatic rings. The number of aliphatic hydroxyl groups excluding tert-OH is 1. The lowest BCUT2D eigenvalue weighted by Crippen LogP contribution is -2.61. The predicted octanol–water partition coefficient (Wildman–Crippen LogP) is -1.41. The number of nitrogens with one attached hydrogen (secondary N) is 14. The van der Waals surface area contributed by atoms with E-state index in [2.05, 4.69) is 78.4 Å². The van der Waals surface area contributed by atoms with Crippen LogP contribution in [0.1, 0.15) is 97.9 Å². The fourth-order valence-corrected chi connectivity index (χ4v) is 13.0. The van der Waals surface area contributed by atoms with Gasteiger partial charge >= 0.3 is 5.97 Å². The van der Waals surface area contributed by atoms with Gasteiger partial charge in [0.2, 0.25) is 70.9 Å². The Morgan fingerprint density at radius 1 is 0.586 bits per heavy atom. The number of carboxylic acids is 1. The number of H-pyrrole nitrogens is 3. The van der Waals surface area contributed by atoms with E-state index in [0.717, 1.165) is 21.6 Å². The molecule has 1 fully saturated rings. The highest BCUT2D eigenvalue weighted by molar-refractivity contribution is 8.76. The summed E-state index contributed by atoms with van der Waals surface area (Å²) in [7, 11) is 1.93. The van der Waals surface area contributed by atoms with Gasteiger partial charge in [-0.15, -0.1) is 0 Å². The Kier molecular flexibility index (Phi) is 29.7. The molecule has 0 spiro atoms. The maximum absolute atomic E-state index is 14.9. The summed E-state index contributed by atoms with van der Waals surface area (Å²) in [5.41, 5.74) is 14.7. The number of carboxylic acid groups (broad SMARTS) is 1. The maximum Gasteiger partial charge on any atom is 0.303 e. The van der Waals surface area contributed by atoms with Gasteiger partial charge in [0.1, 0.15) is 60.4 Å². The third kappa shape index (κ3) is 23.9. The van der Waals surface area contributed by atoms with Gasteiger partial charge in [-0.3, -0.25) is 62.3 Å². The van der Waals surface area contributed by atoms with Crippen molar-refractivity contribution in [3.05, 3.63) is 90.3 Å². The Labute approximate surface area is 579 Å². The zero-order valence-corrected chi connectivity index (χ0v) is 57.9. The molecular formula is C65H91N17O15S2. The highest BCUT2D eigenvalue weighted by Gasteiger charge is 2.38. The second-order valence-corrected chi connectivity index (χ2v) is 28.1. The number of primary amides is 1. The number of carbonyl (C=O) groups is 13. The van der Waals surface area contributed by atoms with Crippen molar-refractivity contribution in [3.8, 4) is 0 Å². The Morgan fingerprint density at radius 2 is 1.08 bits per heavy atom. The van der Waals surface area contributed by atoms with E-state index in [4.69, 9.17) is 11.5 Å². The molecule has 2 aromatic carbocycles. The lowest BCUT2D eigenvalue weighted by atomic mass is 9.98. The standard InChI is InChI=1S/C65H91N17O15S2/c1-31(2)19-45-58(90)71-27-51(84)74-44(17-18-52(85)86)59(91)77-46(20-32(3)4)63(95)81-53(33(5)6)65(97)79-48(22-37-25-70-43-16-12-10-14-40(37)43)61(93)80-50(64(96)82-54(35(8)83)55(67)87)29-99-98-28-41(66)57(89)73-34(7)56(88)75-47(21-36-24-69-42-15-11-9-13-39(36)42)60(92)78-49(62(94)76-45)23-38-26-68-30-72-38/h9-16,24-26,30-35,41,44-50,53-54,69-70,83H,17-23,27-29,66H2,1-8H3,(H2,67,87)(H,68,72)(H,71,90)(H,73,89)(H,74,84)(H,75,88)(H,76,94)(H,77,91)(H,78,92)(H,79,97)(H,80,93)(H,81,95)(H,82,96)(H,85,86)/t34-,35+,41-,44-,45-,46-,47-,48-,49-,50-,53-,54-/m0/s1. The fraction of sp³-hybridized carbons (Fsp3) is 0.508. The minimum atomic E-state index is -1.64. The highest BCUT2D eigenvalue weighted by Crippen LogP contribution is 2.25. The van der Waals surface area contributed by atoms with E-state index >= 15 is 0 Å². The number of para-hydroxylation sites is 2. The lowest BCUT2D eigenvalue weighted by Gasteiger charge is -2.29. The topological polar surface area (TPSA) is 507 Å². The predicted molar refractivity (Wildman–Crippen MR) is 369 cm³/mol. The van der Waals surface area contributed by atoms with Gasteiger partial charge in [0.25, 0.3) is 0 Å². The van der Waals surface area contributed by atoms with Crippen LogP contribution in [0.25, 0.3) is 21.8 Å². The van der Waals surface area contributed by atoms with Gasteiger partial charge in [0.05, 0.1) is 30.7 Å². The molecule has 32 nitrogen and oxygen atoms in total. The van der Waals surface area contributed by atoms with Crippen LogP contribution in [0.15, 0.2) is 73.4 Å². The second-order valence-electron chi connectivity index (χ2n) is 25.6. The van der Waals surface area contributed by atoms with E-state index in [-0.39, 0.29) is 55.4 Å². The molecule has 12 atom stereocenters. The molecule has 1 saturated heterocycles. The van der Waals surface area contributed by atoms with Gasteiger partial charge in [-0.05, 0) is 74.1 Å². The van der Waals surface area contributed by atoms with Gasteiger partial charge in [0.15, 0.2) is 0 Å². The van der Waals surface area contributed by atoms with Crippen molar-refractivity contribution >= 4 is 120 Å². The molecule has 12 amide bonds. The molecule has 1 aliphatic heterocycles. The number of fused-ring (bicyclic) bond motifs is 2. The van der Waals surface area contributed by atoms with Crippen LogP contribution in [0, 0.1) is 17.8 Å². The van der Waals surface area contributed by atoms with Gasteiger partial charge in [-0.1, -0.05) is 99.5 Å². The van der Waals surface area contributed by atoms with Crippen LogP contribution in [-0.2, 0) is 81.6 Å². The number of rotatable bonds is 18. The highest BCUT2D eigenvalue weighted by atomic mass is 33.1. The van der Waals surface area contributed by atoms with Crippen molar-refractivity contribution < 1.29 is 72.5 Å². The molecule has 34 heteroatoms. The molecule has 0 aliphatic carbocycles. The van der Waals surface area contributed by atoms with Gasteiger partial charge < -0.3 is 95.1 Å². The van der Waals surface area contributed by atoms with E-state index in [0.29, 0.717) is 38.6 Å². The van der Waals surface area contributed by atoms with Crippen LogP contribution >= 0.6 is 21.6 Å². The number of aliphatic hydroxyl groups is 1. The number of hydrogen-bond donors (Lipinski definition) is 18. The van der Waals surface area contributed by atoms with E-state index in [1.54, 1.807) is 102 Å². The van der Waals surface area contributed by atoms with Crippen LogP contribution in [0.2, 0.25) is 0 Å². The van der Waals surface area contributed by atoms with Gasteiger partial charge in [0, 0.05) is 77.6 Å². The summed E-state index contributed by atoms with van der Waals surface area (Å²) in [6.45, 7) is 12.0. The third-order valence-electron chi connectivity index (χ3n) is 16.1. The number of hydrogen-bond acceptors (Lipinski definition) is 18. The molecule has 99 heavy (non-hydrogen) atoms. The Balaban J connectivity index is 1.37. The minimum absolute atomic E-state index is 0.000278. The summed E-state index contributed by atoms with van der Waals surface area (Å²) in [6, 6.07) is -1.86. The molecular weight excluding hydrogens is 1320 g/mol. The van der Waals surface area contributed by atoms with Crippen molar-refractivity contribution in [2.24, 2.45) is 29.2 Å². The number of imidazole rings is 1.